The zero-order chi connectivity index (χ0) is 18.6. The van der Waals surface area contributed by atoms with Crippen molar-refractivity contribution in [1.29, 1.82) is 0 Å². The number of alkyl halides is 3. The molecule has 1 aromatic carbocycles. The van der Waals surface area contributed by atoms with Crippen molar-refractivity contribution in [2.24, 2.45) is 0 Å². The van der Waals surface area contributed by atoms with Gasteiger partial charge in [0.05, 0.1) is 28.5 Å². The van der Waals surface area contributed by atoms with Gasteiger partial charge in [0, 0.05) is 13.1 Å². The summed E-state index contributed by atoms with van der Waals surface area (Å²) in [6.45, 7) is 1.80. The number of carbonyl (C=O) groups is 1. The number of fused-ring (bicyclic) bond motifs is 2. The quantitative estimate of drug-likeness (QED) is 0.697. The van der Waals surface area contributed by atoms with Crippen molar-refractivity contribution in [1.82, 2.24) is 24.4 Å². The van der Waals surface area contributed by atoms with Crippen molar-refractivity contribution in [3.63, 3.8) is 0 Å². The highest BCUT2D eigenvalue weighted by atomic mass is 35.5. The van der Waals surface area contributed by atoms with Gasteiger partial charge in [-0.25, -0.2) is 9.97 Å². The Morgan fingerprint density at radius 1 is 1.35 bits per heavy atom. The average Bonchev–Trinajstić information content (AvgIpc) is 3.19. The highest BCUT2D eigenvalue weighted by Gasteiger charge is 2.40. The van der Waals surface area contributed by atoms with E-state index in [2.05, 4.69) is 15.0 Å². The van der Waals surface area contributed by atoms with Crippen LogP contribution in [0.4, 0.5) is 13.2 Å². The Kier molecular flexibility index (Phi) is 3.72. The summed E-state index contributed by atoms with van der Waals surface area (Å²) in [4.78, 5) is 25.0. The van der Waals surface area contributed by atoms with E-state index in [9.17, 15) is 18.0 Å². The van der Waals surface area contributed by atoms with Gasteiger partial charge >= 0.3 is 6.18 Å². The number of benzene rings is 1. The van der Waals surface area contributed by atoms with Crippen molar-refractivity contribution in [3.8, 4) is 0 Å². The Labute approximate surface area is 150 Å². The Morgan fingerprint density at radius 3 is 2.81 bits per heavy atom. The first-order valence-electron chi connectivity index (χ1n) is 7.85. The number of amides is 1. The predicted molar refractivity (Wildman–Crippen MR) is 87.8 cm³/mol. The van der Waals surface area contributed by atoms with E-state index in [4.69, 9.17) is 11.6 Å². The molecule has 1 aliphatic rings. The first kappa shape index (κ1) is 16.9. The van der Waals surface area contributed by atoms with E-state index in [0.29, 0.717) is 21.7 Å². The Morgan fingerprint density at radius 2 is 2.12 bits per heavy atom. The third-order valence-electron chi connectivity index (χ3n) is 4.53. The van der Waals surface area contributed by atoms with Crippen LogP contribution in [-0.2, 0) is 12.7 Å². The van der Waals surface area contributed by atoms with Gasteiger partial charge in [0.25, 0.3) is 5.91 Å². The molecule has 0 radical (unpaired) electrons. The number of hydrogen-bond donors (Lipinski definition) is 1. The Hall–Kier alpha value is -2.55. The SMILES string of the molecule is CC1c2cnc(C(F)(F)F)n2CCN1C(=O)c1nc2c(Cl)cccc2[nH]1. The van der Waals surface area contributed by atoms with Crippen molar-refractivity contribution in [2.45, 2.75) is 25.7 Å². The number of hydrogen-bond acceptors (Lipinski definition) is 3. The number of aromatic nitrogens is 4. The largest absolute Gasteiger partial charge is 0.449 e. The number of nitrogens with zero attached hydrogens (tertiary/aromatic N) is 4. The van der Waals surface area contributed by atoms with Crippen LogP contribution in [0.2, 0.25) is 5.02 Å². The number of H-pyrrole nitrogens is 1. The third kappa shape index (κ3) is 2.54. The number of halogens is 4. The van der Waals surface area contributed by atoms with Gasteiger partial charge in [-0.3, -0.25) is 4.79 Å². The molecule has 1 N–H and O–H groups in total. The van der Waals surface area contributed by atoms with E-state index in [-0.39, 0.29) is 18.9 Å². The third-order valence-corrected chi connectivity index (χ3v) is 4.83. The maximum atomic E-state index is 13.0. The lowest BCUT2D eigenvalue weighted by Crippen LogP contribution is -2.42. The second-order valence-electron chi connectivity index (χ2n) is 6.05. The molecule has 0 saturated carbocycles. The molecular formula is C16H13ClF3N5O. The molecule has 136 valence electrons. The molecule has 0 saturated heterocycles. The van der Waals surface area contributed by atoms with Gasteiger partial charge in [-0.05, 0) is 19.1 Å². The van der Waals surface area contributed by atoms with Gasteiger partial charge in [-0.2, -0.15) is 13.2 Å². The molecule has 1 amide bonds. The van der Waals surface area contributed by atoms with Crippen molar-refractivity contribution >= 4 is 28.5 Å². The lowest BCUT2D eigenvalue weighted by Gasteiger charge is -2.34. The van der Waals surface area contributed by atoms with Crippen LogP contribution >= 0.6 is 11.6 Å². The van der Waals surface area contributed by atoms with E-state index >= 15 is 0 Å². The summed E-state index contributed by atoms with van der Waals surface area (Å²) in [5.41, 5.74) is 1.44. The molecule has 0 spiro atoms. The molecule has 2 aromatic heterocycles. The highest BCUT2D eigenvalue weighted by molar-refractivity contribution is 6.35. The van der Waals surface area contributed by atoms with Crippen LogP contribution in [0.1, 0.15) is 35.1 Å². The standard InChI is InChI=1S/C16H13ClF3N5O/c1-8-11-7-21-15(16(18,19)20)25(11)6-5-24(8)14(26)13-22-10-4-2-3-9(17)12(10)23-13/h2-4,7-8H,5-6H2,1H3,(H,22,23). The van der Waals surface area contributed by atoms with Crippen LogP contribution in [-0.4, -0.2) is 36.9 Å². The van der Waals surface area contributed by atoms with Crippen molar-refractivity contribution in [3.05, 3.63) is 46.8 Å². The molecule has 1 unspecified atom stereocenters. The van der Waals surface area contributed by atoms with Gasteiger partial charge in [-0.1, -0.05) is 17.7 Å². The predicted octanol–water partition coefficient (Wildman–Crippen LogP) is 3.65. The normalized spacial score (nSPS) is 17.6. The molecule has 3 heterocycles. The van der Waals surface area contributed by atoms with Crippen LogP contribution in [0.5, 0.6) is 0 Å². The fourth-order valence-electron chi connectivity index (χ4n) is 3.26. The topological polar surface area (TPSA) is 66.8 Å². The number of nitrogens with one attached hydrogen (secondary N) is 1. The minimum absolute atomic E-state index is 0.0151. The summed E-state index contributed by atoms with van der Waals surface area (Å²) < 4.78 is 40.2. The lowest BCUT2D eigenvalue weighted by molar-refractivity contribution is -0.147. The number of para-hydroxylation sites is 1. The van der Waals surface area contributed by atoms with E-state index in [1.54, 1.807) is 25.1 Å². The van der Waals surface area contributed by atoms with Crippen LogP contribution < -0.4 is 0 Å². The summed E-state index contributed by atoms with van der Waals surface area (Å²) in [5.74, 6) is -1.24. The molecule has 10 heteroatoms. The summed E-state index contributed by atoms with van der Waals surface area (Å²) in [6, 6.07) is 4.58. The summed E-state index contributed by atoms with van der Waals surface area (Å²) in [7, 11) is 0. The highest BCUT2D eigenvalue weighted by Crippen LogP contribution is 2.34. The van der Waals surface area contributed by atoms with Crippen molar-refractivity contribution < 1.29 is 18.0 Å². The first-order valence-corrected chi connectivity index (χ1v) is 8.23. The van der Waals surface area contributed by atoms with Crippen LogP contribution in [0.15, 0.2) is 24.4 Å². The minimum atomic E-state index is -4.53. The maximum absolute atomic E-state index is 13.0. The first-order chi connectivity index (χ1) is 12.3. The summed E-state index contributed by atoms with van der Waals surface area (Å²) in [6.07, 6.45) is -3.36. The lowest BCUT2D eigenvalue weighted by atomic mass is 10.1. The molecular weight excluding hydrogens is 371 g/mol. The average molecular weight is 384 g/mol. The Bertz CT molecular complexity index is 1010. The fraction of sp³-hybridized carbons (Fsp3) is 0.312. The molecule has 0 aliphatic carbocycles. The molecule has 6 nitrogen and oxygen atoms in total. The molecule has 26 heavy (non-hydrogen) atoms. The maximum Gasteiger partial charge on any atom is 0.449 e. The second kappa shape index (κ2) is 5.73. The van der Waals surface area contributed by atoms with E-state index in [1.807, 2.05) is 0 Å². The number of aromatic amines is 1. The summed E-state index contributed by atoms with van der Waals surface area (Å²) >= 11 is 6.08. The number of rotatable bonds is 1. The number of imidazole rings is 2. The fourth-order valence-corrected chi connectivity index (χ4v) is 3.47. The molecule has 0 bridgehead atoms. The molecule has 1 atom stereocenters. The van der Waals surface area contributed by atoms with Gasteiger partial charge in [0.15, 0.2) is 5.82 Å². The molecule has 3 aromatic rings. The van der Waals surface area contributed by atoms with Gasteiger partial charge < -0.3 is 14.5 Å². The van der Waals surface area contributed by atoms with E-state index in [1.165, 1.54) is 11.1 Å². The molecule has 0 fully saturated rings. The molecule has 4 rings (SSSR count). The Balaban J connectivity index is 1.67. The van der Waals surface area contributed by atoms with Crippen LogP contribution in [0, 0.1) is 0 Å². The van der Waals surface area contributed by atoms with Crippen molar-refractivity contribution in [2.75, 3.05) is 6.54 Å². The van der Waals surface area contributed by atoms with E-state index in [0.717, 1.165) is 4.57 Å². The van der Waals surface area contributed by atoms with Crippen LogP contribution in [0.25, 0.3) is 11.0 Å². The second-order valence-corrected chi connectivity index (χ2v) is 6.46. The summed E-state index contributed by atoms with van der Waals surface area (Å²) in [5, 5.41) is 0.414. The minimum Gasteiger partial charge on any atom is -0.334 e. The zero-order valence-electron chi connectivity index (χ0n) is 13.5. The zero-order valence-corrected chi connectivity index (χ0v) is 14.3. The van der Waals surface area contributed by atoms with Gasteiger partial charge in [0.1, 0.15) is 5.52 Å². The number of carbonyl (C=O) groups excluding carboxylic acids is 1. The van der Waals surface area contributed by atoms with Gasteiger partial charge in [0.2, 0.25) is 5.82 Å². The molecule has 1 aliphatic heterocycles. The van der Waals surface area contributed by atoms with Crippen LogP contribution in [0.3, 0.4) is 0 Å². The smallest absolute Gasteiger partial charge is 0.334 e. The van der Waals surface area contributed by atoms with E-state index < -0.39 is 23.9 Å². The van der Waals surface area contributed by atoms with Gasteiger partial charge in [-0.15, -0.1) is 0 Å². The monoisotopic (exact) mass is 383 g/mol.